The van der Waals surface area contributed by atoms with Gasteiger partial charge in [-0.15, -0.1) is 0 Å². The molecule has 1 aromatic rings. The van der Waals surface area contributed by atoms with Gasteiger partial charge < -0.3 is 19.3 Å². The number of rotatable bonds is 4. The van der Waals surface area contributed by atoms with Crippen LogP contribution in [0.1, 0.15) is 25.7 Å². The standard InChI is InChI=1S/C14H18O4/c15-12-3-1-2-10(12)6-7-16-11-4-5-13-14(8-11)18-9-17-13/h4-5,8,10,12,15H,1-3,6-7,9H2. The van der Waals surface area contributed by atoms with Crippen molar-refractivity contribution in [3.63, 3.8) is 0 Å². The normalized spacial score (nSPS) is 25.4. The first-order chi connectivity index (χ1) is 8.83. The molecule has 4 heteroatoms. The van der Waals surface area contributed by atoms with Crippen LogP contribution in [-0.2, 0) is 0 Å². The van der Waals surface area contributed by atoms with E-state index in [2.05, 4.69) is 0 Å². The van der Waals surface area contributed by atoms with Crippen LogP contribution in [0.4, 0.5) is 0 Å². The Morgan fingerprint density at radius 3 is 2.94 bits per heavy atom. The fourth-order valence-corrected chi connectivity index (χ4v) is 2.65. The average molecular weight is 250 g/mol. The fourth-order valence-electron chi connectivity index (χ4n) is 2.65. The Kier molecular flexibility index (Phi) is 3.28. The van der Waals surface area contributed by atoms with E-state index < -0.39 is 0 Å². The fraction of sp³-hybridized carbons (Fsp3) is 0.571. The number of benzene rings is 1. The lowest BCUT2D eigenvalue weighted by molar-refractivity contribution is 0.117. The largest absolute Gasteiger partial charge is 0.493 e. The molecule has 1 fully saturated rings. The molecule has 2 atom stereocenters. The number of aliphatic hydroxyl groups is 1. The molecule has 2 unspecified atom stereocenters. The third-order valence-electron chi connectivity index (χ3n) is 3.72. The third kappa shape index (κ3) is 2.38. The Morgan fingerprint density at radius 2 is 2.11 bits per heavy atom. The summed E-state index contributed by atoms with van der Waals surface area (Å²) >= 11 is 0. The Labute approximate surface area is 106 Å². The predicted octanol–water partition coefficient (Wildman–Crippen LogP) is 2.35. The molecule has 0 spiro atoms. The van der Waals surface area contributed by atoms with Gasteiger partial charge in [0.1, 0.15) is 5.75 Å². The minimum absolute atomic E-state index is 0.134. The number of aliphatic hydroxyl groups excluding tert-OH is 1. The van der Waals surface area contributed by atoms with Crippen molar-refractivity contribution in [1.29, 1.82) is 0 Å². The van der Waals surface area contributed by atoms with Crippen molar-refractivity contribution < 1.29 is 19.3 Å². The van der Waals surface area contributed by atoms with Crippen LogP contribution in [0, 0.1) is 5.92 Å². The van der Waals surface area contributed by atoms with E-state index in [0.29, 0.717) is 12.5 Å². The molecule has 0 amide bonds. The Bertz CT molecular complexity index is 418. The van der Waals surface area contributed by atoms with Crippen molar-refractivity contribution >= 4 is 0 Å². The second kappa shape index (κ2) is 5.06. The molecule has 4 nitrogen and oxygen atoms in total. The second-order valence-corrected chi connectivity index (χ2v) is 4.91. The number of hydrogen-bond donors (Lipinski definition) is 1. The van der Waals surface area contributed by atoms with Gasteiger partial charge in [-0.25, -0.2) is 0 Å². The monoisotopic (exact) mass is 250 g/mol. The molecule has 1 aliphatic heterocycles. The summed E-state index contributed by atoms with van der Waals surface area (Å²) in [5.41, 5.74) is 0. The van der Waals surface area contributed by atoms with Crippen LogP contribution < -0.4 is 14.2 Å². The molecule has 0 saturated heterocycles. The predicted molar refractivity (Wildman–Crippen MR) is 66.0 cm³/mol. The van der Waals surface area contributed by atoms with Crippen LogP contribution in [0.3, 0.4) is 0 Å². The highest BCUT2D eigenvalue weighted by molar-refractivity contribution is 5.46. The van der Waals surface area contributed by atoms with Crippen molar-refractivity contribution in [3.05, 3.63) is 18.2 Å². The lowest BCUT2D eigenvalue weighted by atomic mass is 10.0. The Morgan fingerprint density at radius 1 is 1.22 bits per heavy atom. The number of fused-ring (bicyclic) bond motifs is 1. The molecular weight excluding hydrogens is 232 g/mol. The van der Waals surface area contributed by atoms with Crippen LogP contribution in [0.15, 0.2) is 18.2 Å². The maximum Gasteiger partial charge on any atom is 0.231 e. The van der Waals surface area contributed by atoms with E-state index in [1.165, 1.54) is 0 Å². The minimum Gasteiger partial charge on any atom is -0.493 e. The maximum atomic E-state index is 9.72. The first-order valence-electron chi connectivity index (χ1n) is 6.53. The highest BCUT2D eigenvalue weighted by Gasteiger charge is 2.24. The summed E-state index contributed by atoms with van der Waals surface area (Å²) in [7, 11) is 0. The third-order valence-corrected chi connectivity index (χ3v) is 3.72. The molecule has 3 rings (SSSR count). The highest BCUT2D eigenvalue weighted by atomic mass is 16.7. The van der Waals surface area contributed by atoms with Crippen LogP contribution in [0.25, 0.3) is 0 Å². The molecule has 1 N–H and O–H groups in total. The van der Waals surface area contributed by atoms with Gasteiger partial charge in [-0.3, -0.25) is 0 Å². The Hall–Kier alpha value is -1.42. The van der Waals surface area contributed by atoms with E-state index in [-0.39, 0.29) is 12.9 Å². The van der Waals surface area contributed by atoms with Gasteiger partial charge in [0.25, 0.3) is 0 Å². The molecule has 1 aromatic carbocycles. The van der Waals surface area contributed by atoms with Gasteiger partial charge in [-0.05, 0) is 37.3 Å². The molecule has 0 aromatic heterocycles. The number of ether oxygens (including phenoxy) is 3. The van der Waals surface area contributed by atoms with Crippen molar-refractivity contribution in [2.24, 2.45) is 5.92 Å². The zero-order valence-corrected chi connectivity index (χ0v) is 10.3. The average Bonchev–Trinajstić information content (AvgIpc) is 2.98. The minimum atomic E-state index is -0.134. The quantitative estimate of drug-likeness (QED) is 0.891. The summed E-state index contributed by atoms with van der Waals surface area (Å²) in [5, 5.41) is 9.72. The number of hydrogen-bond acceptors (Lipinski definition) is 4. The highest BCUT2D eigenvalue weighted by Crippen LogP contribution is 2.35. The molecule has 0 bridgehead atoms. The van der Waals surface area contributed by atoms with E-state index in [1.54, 1.807) is 0 Å². The van der Waals surface area contributed by atoms with Gasteiger partial charge >= 0.3 is 0 Å². The van der Waals surface area contributed by atoms with E-state index in [4.69, 9.17) is 14.2 Å². The maximum absolute atomic E-state index is 9.72. The van der Waals surface area contributed by atoms with Gasteiger partial charge in [-0.1, -0.05) is 6.42 Å². The van der Waals surface area contributed by atoms with Crippen LogP contribution >= 0.6 is 0 Å². The van der Waals surface area contributed by atoms with E-state index in [0.717, 1.165) is 42.9 Å². The molecule has 2 aliphatic rings. The Balaban J connectivity index is 1.51. The first-order valence-corrected chi connectivity index (χ1v) is 6.53. The van der Waals surface area contributed by atoms with Crippen molar-refractivity contribution in [2.75, 3.05) is 13.4 Å². The zero-order chi connectivity index (χ0) is 12.4. The van der Waals surface area contributed by atoms with Gasteiger partial charge in [0.2, 0.25) is 6.79 Å². The van der Waals surface area contributed by atoms with Crippen molar-refractivity contribution in [2.45, 2.75) is 31.8 Å². The molecule has 18 heavy (non-hydrogen) atoms. The van der Waals surface area contributed by atoms with E-state index in [9.17, 15) is 5.11 Å². The smallest absolute Gasteiger partial charge is 0.231 e. The van der Waals surface area contributed by atoms with Crippen LogP contribution in [-0.4, -0.2) is 24.6 Å². The first kappa shape index (κ1) is 11.7. The van der Waals surface area contributed by atoms with Gasteiger partial charge in [0.05, 0.1) is 12.7 Å². The van der Waals surface area contributed by atoms with E-state index >= 15 is 0 Å². The molecule has 0 radical (unpaired) electrons. The molecule has 1 aliphatic carbocycles. The van der Waals surface area contributed by atoms with Gasteiger partial charge in [-0.2, -0.15) is 0 Å². The summed E-state index contributed by atoms with van der Waals surface area (Å²) < 4.78 is 16.2. The molecule has 1 heterocycles. The topological polar surface area (TPSA) is 47.9 Å². The summed E-state index contributed by atoms with van der Waals surface area (Å²) in [6.07, 6.45) is 3.97. The lowest BCUT2D eigenvalue weighted by Crippen LogP contribution is -2.16. The van der Waals surface area contributed by atoms with Crippen LogP contribution in [0.2, 0.25) is 0 Å². The summed E-state index contributed by atoms with van der Waals surface area (Å²) in [5.74, 6) is 2.72. The zero-order valence-electron chi connectivity index (χ0n) is 10.3. The summed E-state index contributed by atoms with van der Waals surface area (Å²) in [4.78, 5) is 0. The van der Waals surface area contributed by atoms with Gasteiger partial charge in [0.15, 0.2) is 11.5 Å². The lowest BCUT2D eigenvalue weighted by Gasteiger charge is -2.14. The molecular formula is C14H18O4. The molecule has 1 saturated carbocycles. The molecule has 98 valence electrons. The second-order valence-electron chi connectivity index (χ2n) is 4.91. The summed E-state index contributed by atoms with van der Waals surface area (Å²) in [6, 6.07) is 5.61. The van der Waals surface area contributed by atoms with Crippen LogP contribution in [0.5, 0.6) is 17.2 Å². The van der Waals surface area contributed by atoms with Crippen molar-refractivity contribution in [3.8, 4) is 17.2 Å². The SMILES string of the molecule is OC1CCCC1CCOc1ccc2c(c1)OCO2. The van der Waals surface area contributed by atoms with Crippen molar-refractivity contribution in [1.82, 2.24) is 0 Å². The van der Waals surface area contributed by atoms with E-state index in [1.807, 2.05) is 18.2 Å². The summed E-state index contributed by atoms with van der Waals surface area (Å²) in [6.45, 7) is 0.925. The van der Waals surface area contributed by atoms with Gasteiger partial charge in [0, 0.05) is 6.07 Å².